The molecule has 2 aromatic carbocycles. The maximum Gasteiger partial charge on any atom is 0.270 e. The predicted octanol–water partition coefficient (Wildman–Crippen LogP) is 5.02. The van der Waals surface area contributed by atoms with Crippen molar-refractivity contribution in [2.24, 2.45) is 0 Å². The molecule has 0 aliphatic rings. The van der Waals surface area contributed by atoms with Crippen molar-refractivity contribution < 1.29 is 9.72 Å². The molecule has 1 N–H and O–H groups in total. The zero-order valence-electron chi connectivity index (χ0n) is 14.3. The SMILES string of the molecule is CCC(Sc1nc2ccc([N+](=O)[O-])cc2s1)C(=O)Nc1ccc(C)cc1. The molecule has 0 fully saturated rings. The Labute approximate surface area is 158 Å². The summed E-state index contributed by atoms with van der Waals surface area (Å²) in [4.78, 5) is 27.5. The average molecular weight is 387 g/mol. The number of carbonyl (C=O) groups is 1. The molecule has 0 saturated heterocycles. The molecular formula is C18H17N3O3S2. The van der Waals surface area contributed by atoms with Crippen molar-refractivity contribution in [2.45, 2.75) is 29.9 Å². The fourth-order valence-electron chi connectivity index (χ4n) is 2.36. The Balaban J connectivity index is 1.74. The lowest BCUT2D eigenvalue weighted by Crippen LogP contribution is -2.24. The minimum Gasteiger partial charge on any atom is -0.325 e. The second-order valence-electron chi connectivity index (χ2n) is 5.76. The Hall–Kier alpha value is -2.45. The summed E-state index contributed by atoms with van der Waals surface area (Å²) >= 11 is 2.75. The molecule has 0 saturated carbocycles. The number of anilines is 1. The van der Waals surface area contributed by atoms with Gasteiger partial charge in [-0.25, -0.2) is 4.98 Å². The standard InChI is InChI=1S/C18H17N3O3S2/c1-3-15(17(22)19-12-6-4-11(2)5-7-12)25-18-20-14-9-8-13(21(23)24)10-16(14)26-18/h4-10,15H,3H2,1-2H3,(H,19,22). The topological polar surface area (TPSA) is 85.1 Å². The van der Waals surface area contributed by atoms with E-state index in [1.165, 1.54) is 35.2 Å². The summed E-state index contributed by atoms with van der Waals surface area (Å²) in [7, 11) is 0. The van der Waals surface area contributed by atoms with Gasteiger partial charge in [0.2, 0.25) is 5.91 Å². The maximum atomic E-state index is 12.5. The van der Waals surface area contributed by atoms with E-state index >= 15 is 0 Å². The molecule has 3 aromatic rings. The number of thiazole rings is 1. The number of nitrogens with zero attached hydrogens (tertiary/aromatic N) is 2. The molecule has 0 aliphatic heterocycles. The summed E-state index contributed by atoms with van der Waals surface area (Å²) in [6.07, 6.45) is 0.651. The van der Waals surface area contributed by atoms with Crippen molar-refractivity contribution in [1.82, 2.24) is 4.98 Å². The third kappa shape index (κ3) is 4.20. The normalized spacial score (nSPS) is 12.1. The summed E-state index contributed by atoms with van der Waals surface area (Å²) in [6, 6.07) is 12.3. The van der Waals surface area contributed by atoms with Crippen molar-refractivity contribution in [2.75, 3.05) is 5.32 Å². The number of non-ortho nitro benzene ring substituents is 1. The first kappa shape index (κ1) is 18.3. The summed E-state index contributed by atoms with van der Waals surface area (Å²) in [5.41, 5.74) is 2.64. The largest absolute Gasteiger partial charge is 0.325 e. The smallest absolute Gasteiger partial charge is 0.270 e. The van der Waals surface area contributed by atoms with Gasteiger partial charge in [-0.15, -0.1) is 11.3 Å². The van der Waals surface area contributed by atoms with Gasteiger partial charge in [-0.2, -0.15) is 0 Å². The molecule has 0 spiro atoms. The lowest BCUT2D eigenvalue weighted by Gasteiger charge is -2.13. The number of amides is 1. The number of hydrogen-bond donors (Lipinski definition) is 1. The van der Waals surface area contributed by atoms with Gasteiger partial charge >= 0.3 is 0 Å². The Morgan fingerprint density at radius 2 is 2.04 bits per heavy atom. The molecule has 6 nitrogen and oxygen atoms in total. The number of carbonyl (C=O) groups excluding carboxylic acids is 1. The van der Waals surface area contributed by atoms with Gasteiger partial charge in [0.1, 0.15) is 0 Å². The number of thioether (sulfide) groups is 1. The molecule has 3 rings (SSSR count). The van der Waals surface area contributed by atoms with Crippen molar-refractivity contribution in [3.8, 4) is 0 Å². The summed E-state index contributed by atoms with van der Waals surface area (Å²) in [5, 5.41) is 13.5. The number of nitro groups is 1. The zero-order chi connectivity index (χ0) is 18.7. The fraction of sp³-hybridized carbons (Fsp3) is 0.222. The highest BCUT2D eigenvalue weighted by molar-refractivity contribution is 8.02. The quantitative estimate of drug-likeness (QED) is 0.364. The maximum absolute atomic E-state index is 12.5. The van der Waals surface area contributed by atoms with Crippen LogP contribution >= 0.6 is 23.1 Å². The first-order chi connectivity index (χ1) is 12.5. The summed E-state index contributed by atoms with van der Waals surface area (Å²) in [5.74, 6) is -0.0772. The first-order valence-corrected chi connectivity index (χ1v) is 9.75. The Bertz CT molecular complexity index is 954. The molecule has 0 aliphatic carbocycles. The van der Waals surface area contributed by atoms with Gasteiger partial charge in [0, 0.05) is 17.8 Å². The Morgan fingerprint density at radius 3 is 2.69 bits per heavy atom. The highest BCUT2D eigenvalue weighted by atomic mass is 32.2. The van der Waals surface area contributed by atoms with Crippen LogP contribution in [0.1, 0.15) is 18.9 Å². The molecular weight excluding hydrogens is 370 g/mol. The van der Waals surface area contributed by atoms with Crippen LogP contribution in [0.4, 0.5) is 11.4 Å². The van der Waals surface area contributed by atoms with Crippen LogP contribution in [-0.4, -0.2) is 21.1 Å². The second kappa shape index (κ2) is 7.84. The van der Waals surface area contributed by atoms with E-state index in [0.717, 1.165) is 20.3 Å². The van der Waals surface area contributed by atoms with Crippen LogP contribution in [0.3, 0.4) is 0 Å². The third-order valence-electron chi connectivity index (χ3n) is 3.79. The van der Waals surface area contributed by atoms with E-state index in [0.29, 0.717) is 11.9 Å². The van der Waals surface area contributed by atoms with Crippen LogP contribution in [0.2, 0.25) is 0 Å². The average Bonchev–Trinajstić information content (AvgIpc) is 3.03. The number of benzene rings is 2. The van der Waals surface area contributed by atoms with Crippen molar-refractivity contribution >= 4 is 50.6 Å². The van der Waals surface area contributed by atoms with E-state index in [2.05, 4.69) is 10.3 Å². The van der Waals surface area contributed by atoms with Crippen LogP contribution in [0, 0.1) is 17.0 Å². The molecule has 1 aromatic heterocycles. The number of fused-ring (bicyclic) bond motifs is 1. The number of aryl methyl sites for hydroxylation is 1. The number of aromatic nitrogens is 1. The van der Waals surface area contributed by atoms with Crippen LogP contribution in [0.5, 0.6) is 0 Å². The third-order valence-corrected chi connectivity index (χ3v) is 6.26. The second-order valence-corrected chi connectivity index (χ2v) is 8.24. The van der Waals surface area contributed by atoms with Crippen molar-refractivity contribution in [1.29, 1.82) is 0 Å². The number of nitrogens with one attached hydrogen (secondary N) is 1. The number of hydrogen-bond acceptors (Lipinski definition) is 6. The van der Waals surface area contributed by atoms with Gasteiger partial charge in [0.15, 0.2) is 4.34 Å². The van der Waals surface area contributed by atoms with Crippen LogP contribution in [0.25, 0.3) is 10.2 Å². The zero-order valence-corrected chi connectivity index (χ0v) is 15.9. The van der Waals surface area contributed by atoms with E-state index in [9.17, 15) is 14.9 Å². The van der Waals surface area contributed by atoms with Crippen LogP contribution in [0.15, 0.2) is 46.8 Å². The molecule has 1 unspecified atom stereocenters. The molecule has 1 atom stereocenters. The number of rotatable bonds is 6. The Morgan fingerprint density at radius 1 is 1.31 bits per heavy atom. The fourth-order valence-corrected chi connectivity index (χ4v) is 4.63. The molecule has 0 bridgehead atoms. The van der Waals surface area contributed by atoms with Gasteiger partial charge in [-0.05, 0) is 31.5 Å². The van der Waals surface area contributed by atoms with E-state index in [-0.39, 0.29) is 16.8 Å². The molecule has 0 radical (unpaired) electrons. The predicted molar refractivity (Wildman–Crippen MR) is 106 cm³/mol. The monoisotopic (exact) mass is 387 g/mol. The van der Waals surface area contributed by atoms with Gasteiger partial charge in [-0.3, -0.25) is 14.9 Å². The number of nitro benzene ring substituents is 1. The summed E-state index contributed by atoms with van der Waals surface area (Å²) < 4.78 is 1.47. The molecule has 1 amide bonds. The van der Waals surface area contributed by atoms with Gasteiger partial charge < -0.3 is 5.32 Å². The Kier molecular flexibility index (Phi) is 5.53. The van der Waals surface area contributed by atoms with Crippen LogP contribution in [-0.2, 0) is 4.79 Å². The van der Waals surface area contributed by atoms with Crippen molar-refractivity contribution in [3.05, 3.63) is 58.1 Å². The minimum absolute atomic E-state index is 0.0434. The highest BCUT2D eigenvalue weighted by Crippen LogP contribution is 2.35. The van der Waals surface area contributed by atoms with Gasteiger partial charge in [0.25, 0.3) is 5.69 Å². The van der Waals surface area contributed by atoms with Crippen LogP contribution < -0.4 is 5.32 Å². The van der Waals surface area contributed by atoms with E-state index in [4.69, 9.17) is 0 Å². The molecule has 26 heavy (non-hydrogen) atoms. The lowest BCUT2D eigenvalue weighted by atomic mass is 10.2. The molecule has 8 heteroatoms. The lowest BCUT2D eigenvalue weighted by molar-refractivity contribution is -0.384. The van der Waals surface area contributed by atoms with Gasteiger partial charge in [-0.1, -0.05) is 36.4 Å². The van der Waals surface area contributed by atoms with Gasteiger partial charge in [0.05, 0.1) is 20.4 Å². The summed E-state index contributed by atoms with van der Waals surface area (Å²) in [6.45, 7) is 3.94. The van der Waals surface area contributed by atoms with E-state index in [1.54, 1.807) is 6.07 Å². The molecule has 134 valence electrons. The highest BCUT2D eigenvalue weighted by Gasteiger charge is 2.20. The van der Waals surface area contributed by atoms with E-state index < -0.39 is 4.92 Å². The van der Waals surface area contributed by atoms with Crippen molar-refractivity contribution in [3.63, 3.8) is 0 Å². The molecule has 1 heterocycles. The first-order valence-electron chi connectivity index (χ1n) is 8.05. The minimum atomic E-state index is -0.421. The van der Waals surface area contributed by atoms with E-state index in [1.807, 2.05) is 38.1 Å².